The van der Waals surface area contributed by atoms with Crippen LogP contribution in [0.1, 0.15) is 25.7 Å². The first-order chi connectivity index (χ1) is 9.28. The second-order valence-corrected chi connectivity index (χ2v) is 5.03. The van der Waals surface area contributed by atoms with E-state index in [1.165, 1.54) is 25.7 Å². The predicted molar refractivity (Wildman–Crippen MR) is 82.0 cm³/mol. The molecule has 0 saturated heterocycles. The van der Waals surface area contributed by atoms with Gasteiger partial charge in [0.2, 0.25) is 0 Å². The maximum Gasteiger partial charge on any atom is 0.123 e. The molecule has 0 aliphatic heterocycles. The number of benzene rings is 1. The van der Waals surface area contributed by atoms with E-state index in [2.05, 4.69) is 5.32 Å². The molecule has 1 unspecified atom stereocenters. The van der Waals surface area contributed by atoms with Gasteiger partial charge in [0.25, 0.3) is 0 Å². The van der Waals surface area contributed by atoms with Crippen molar-refractivity contribution < 1.29 is 14.6 Å². The molecule has 0 bridgehead atoms. The highest BCUT2D eigenvalue weighted by Gasteiger charge is 2.15. The van der Waals surface area contributed by atoms with E-state index in [-0.39, 0.29) is 12.4 Å². The summed E-state index contributed by atoms with van der Waals surface area (Å²) in [5.41, 5.74) is 0. The Hall–Kier alpha value is -0.970. The van der Waals surface area contributed by atoms with Crippen LogP contribution in [0.5, 0.6) is 11.5 Å². The van der Waals surface area contributed by atoms with Crippen LogP contribution in [-0.4, -0.2) is 37.5 Å². The number of rotatable bonds is 7. The van der Waals surface area contributed by atoms with E-state index in [0.29, 0.717) is 19.2 Å². The molecular weight excluding hydrogens is 278 g/mol. The van der Waals surface area contributed by atoms with E-state index >= 15 is 0 Å². The number of aliphatic hydroxyl groups is 1. The fourth-order valence-corrected chi connectivity index (χ4v) is 2.37. The minimum atomic E-state index is -0.480. The number of halogens is 1. The highest BCUT2D eigenvalue weighted by Crippen LogP contribution is 2.19. The number of aliphatic hydroxyl groups excluding tert-OH is 1. The van der Waals surface area contributed by atoms with Crippen LogP contribution in [0, 0.1) is 0 Å². The first-order valence-corrected chi connectivity index (χ1v) is 6.96. The number of methoxy groups -OCH3 is 1. The quantitative estimate of drug-likeness (QED) is 0.812. The maximum atomic E-state index is 9.88. The molecule has 0 aromatic heterocycles. The van der Waals surface area contributed by atoms with Crippen molar-refractivity contribution >= 4 is 12.4 Å². The van der Waals surface area contributed by atoms with Crippen molar-refractivity contribution in [2.45, 2.75) is 37.8 Å². The fraction of sp³-hybridized carbons (Fsp3) is 0.600. The van der Waals surface area contributed by atoms with Crippen LogP contribution in [0.25, 0.3) is 0 Å². The van der Waals surface area contributed by atoms with Gasteiger partial charge < -0.3 is 19.9 Å². The summed E-state index contributed by atoms with van der Waals surface area (Å²) in [6, 6.07) is 7.99. The Labute approximate surface area is 126 Å². The minimum Gasteiger partial charge on any atom is -0.497 e. The van der Waals surface area contributed by atoms with Gasteiger partial charge in [-0.3, -0.25) is 0 Å². The third-order valence-corrected chi connectivity index (χ3v) is 3.48. The van der Waals surface area contributed by atoms with E-state index in [4.69, 9.17) is 9.47 Å². The Morgan fingerprint density at radius 3 is 2.70 bits per heavy atom. The van der Waals surface area contributed by atoms with E-state index in [1.54, 1.807) is 7.11 Å². The molecule has 1 aromatic rings. The summed E-state index contributed by atoms with van der Waals surface area (Å²) in [7, 11) is 1.62. The van der Waals surface area contributed by atoms with Crippen molar-refractivity contribution in [1.82, 2.24) is 5.32 Å². The van der Waals surface area contributed by atoms with E-state index in [0.717, 1.165) is 11.5 Å². The first-order valence-electron chi connectivity index (χ1n) is 6.96. The summed E-state index contributed by atoms with van der Waals surface area (Å²) in [6.45, 7) is 0.890. The van der Waals surface area contributed by atoms with Gasteiger partial charge in [0, 0.05) is 18.7 Å². The monoisotopic (exact) mass is 301 g/mol. The molecule has 114 valence electrons. The zero-order valence-corrected chi connectivity index (χ0v) is 12.7. The van der Waals surface area contributed by atoms with Crippen molar-refractivity contribution in [2.75, 3.05) is 20.3 Å². The number of hydrogen-bond donors (Lipinski definition) is 2. The number of ether oxygens (including phenoxy) is 2. The highest BCUT2D eigenvalue weighted by atomic mass is 35.5. The predicted octanol–water partition coefficient (Wildman–Crippen LogP) is 2.39. The zero-order chi connectivity index (χ0) is 13.5. The lowest BCUT2D eigenvalue weighted by Gasteiger charge is -2.16. The van der Waals surface area contributed by atoms with Crippen molar-refractivity contribution in [3.8, 4) is 11.5 Å². The highest BCUT2D eigenvalue weighted by molar-refractivity contribution is 5.85. The van der Waals surface area contributed by atoms with Gasteiger partial charge in [-0.15, -0.1) is 12.4 Å². The molecule has 0 heterocycles. The van der Waals surface area contributed by atoms with Gasteiger partial charge in [-0.1, -0.05) is 18.9 Å². The molecule has 1 fully saturated rings. The smallest absolute Gasteiger partial charge is 0.123 e. The van der Waals surface area contributed by atoms with Gasteiger partial charge in [-0.2, -0.15) is 0 Å². The lowest BCUT2D eigenvalue weighted by atomic mass is 10.2. The largest absolute Gasteiger partial charge is 0.497 e. The molecular formula is C15H24ClNO3. The molecule has 4 nitrogen and oxygen atoms in total. The lowest BCUT2D eigenvalue weighted by molar-refractivity contribution is 0.103. The summed E-state index contributed by atoms with van der Waals surface area (Å²) in [4.78, 5) is 0. The molecule has 1 aliphatic rings. The maximum absolute atomic E-state index is 9.88. The Morgan fingerprint density at radius 2 is 2.00 bits per heavy atom. The van der Waals surface area contributed by atoms with Crippen molar-refractivity contribution in [3.63, 3.8) is 0 Å². The van der Waals surface area contributed by atoms with Crippen LogP contribution < -0.4 is 14.8 Å². The van der Waals surface area contributed by atoms with Crippen LogP contribution in [0.4, 0.5) is 0 Å². The van der Waals surface area contributed by atoms with Crippen LogP contribution in [-0.2, 0) is 0 Å². The van der Waals surface area contributed by atoms with Gasteiger partial charge >= 0.3 is 0 Å². The summed E-state index contributed by atoms with van der Waals surface area (Å²) in [6.07, 6.45) is 4.57. The second-order valence-electron chi connectivity index (χ2n) is 5.03. The van der Waals surface area contributed by atoms with E-state index in [1.807, 2.05) is 24.3 Å². The molecule has 0 amide bonds. The second kappa shape index (κ2) is 9.06. The molecule has 1 saturated carbocycles. The molecule has 2 rings (SSSR count). The average molecular weight is 302 g/mol. The Kier molecular flexibility index (Phi) is 7.73. The molecule has 5 heteroatoms. The van der Waals surface area contributed by atoms with Crippen LogP contribution in [0.2, 0.25) is 0 Å². The van der Waals surface area contributed by atoms with Gasteiger partial charge in [0.15, 0.2) is 0 Å². The third kappa shape index (κ3) is 5.57. The minimum absolute atomic E-state index is 0. The molecule has 1 aromatic carbocycles. The standard InChI is InChI=1S/C15H23NO3.ClH/c1-18-14-7-4-8-15(9-14)19-11-13(17)10-16-12-5-2-3-6-12;/h4,7-9,12-13,16-17H,2-3,5-6,10-11H2,1H3;1H. The van der Waals surface area contributed by atoms with Crippen molar-refractivity contribution in [3.05, 3.63) is 24.3 Å². The number of nitrogens with one attached hydrogen (secondary N) is 1. The van der Waals surface area contributed by atoms with Crippen LogP contribution in [0.15, 0.2) is 24.3 Å². The Bertz CT molecular complexity index is 383. The van der Waals surface area contributed by atoms with E-state index in [9.17, 15) is 5.11 Å². The average Bonchev–Trinajstić information content (AvgIpc) is 2.96. The number of hydrogen-bond acceptors (Lipinski definition) is 4. The Morgan fingerprint density at radius 1 is 1.30 bits per heavy atom. The Balaban J connectivity index is 0.00000200. The first kappa shape index (κ1) is 17.1. The van der Waals surface area contributed by atoms with E-state index < -0.39 is 6.10 Å². The van der Waals surface area contributed by atoms with Gasteiger partial charge in [-0.05, 0) is 25.0 Å². The normalized spacial score (nSPS) is 16.5. The van der Waals surface area contributed by atoms with Gasteiger partial charge in [-0.25, -0.2) is 0 Å². The molecule has 0 radical (unpaired) electrons. The summed E-state index contributed by atoms with van der Waals surface area (Å²) < 4.78 is 10.7. The lowest BCUT2D eigenvalue weighted by Crippen LogP contribution is -2.36. The van der Waals surface area contributed by atoms with Gasteiger partial charge in [0.1, 0.15) is 24.2 Å². The third-order valence-electron chi connectivity index (χ3n) is 3.48. The summed E-state index contributed by atoms with van der Waals surface area (Å²) in [5.74, 6) is 1.48. The van der Waals surface area contributed by atoms with Crippen LogP contribution >= 0.6 is 12.4 Å². The topological polar surface area (TPSA) is 50.7 Å². The van der Waals surface area contributed by atoms with Gasteiger partial charge in [0.05, 0.1) is 7.11 Å². The molecule has 0 spiro atoms. The van der Waals surface area contributed by atoms with Crippen LogP contribution in [0.3, 0.4) is 0 Å². The molecule has 1 aliphatic carbocycles. The summed E-state index contributed by atoms with van der Waals surface area (Å²) in [5, 5.41) is 13.3. The summed E-state index contributed by atoms with van der Waals surface area (Å²) >= 11 is 0. The molecule has 2 N–H and O–H groups in total. The molecule has 20 heavy (non-hydrogen) atoms. The van der Waals surface area contributed by atoms with Crippen molar-refractivity contribution in [1.29, 1.82) is 0 Å². The SMILES string of the molecule is COc1cccc(OCC(O)CNC2CCCC2)c1.Cl. The fourth-order valence-electron chi connectivity index (χ4n) is 2.37. The molecule has 1 atom stereocenters. The van der Waals surface area contributed by atoms with Crippen molar-refractivity contribution in [2.24, 2.45) is 0 Å². The zero-order valence-electron chi connectivity index (χ0n) is 11.9.